The Morgan fingerprint density at radius 1 is 1.16 bits per heavy atom. The van der Waals surface area contributed by atoms with Crippen molar-refractivity contribution in [2.24, 2.45) is 10.1 Å². The summed E-state index contributed by atoms with van der Waals surface area (Å²) in [5.41, 5.74) is 4.28. The number of ether oxygens (including phenoxy) is 1. The van der Waals surface area contributed by atoms with E-state index >= 15 is 0 Å². The number of aromatic nitrogens is 1. The lowest BCUT2D eigenvalue weighted by molar-refractivity contribution is 0.106. The monoisotopic (exact) mass is 455 g/mol. The van der Waals surface area contributed by atoms with Gasteiger partial charge in [0.05, 0.1) is 18.4 Å². The Balaban J connectivity index is 0.00000245. The first kappa shape index (κ1) is 22.1. The summed E-state index contributed by atoms with van der Waals surface area (Å²) in [5.74, 6) is 0.748. The van der Waals surface area contributed by atoms with Gasteiger partial charge in [-0.3, -0.25) is 4.90 Å². The molecule has 8 nitrogen and oxygen atoms in total. The quantitative estimate of drug-likeness (QED) is 0.392. The molecule has 1 aromatic heterocycles. The predicted octanol–water partition coefficient (Wildman–Crippen LogP) is 3.06. The van der Waals surface area contributed by atoms with E-state index in [4.69, 9.17) is 14.6 Å². The molecule has 0 radical (unpaired) electrons. The van der Waals surface area contributed by atoms with Crippen molar-refractivity contribution < 1.29 is 14.7 Å². The van der Waals surface area contributed by atoms with E-state index in [1.165, 1.54) is 0 Å². The maximum absolute atomic E-state index is 10.7. The van der Waals surface area contributed by atoms with Gasteiger partial charge < -0.3 is 25.0 Å². The molecule has 2 aliphatic heterocycles. The number of nitrogens with zero attached hydrogens (tertiary/aromatic N) is 3. The number of aromatic amines is 1. The standard InChI is InChI=1S/C23H25N5O3.ClH/c1-30-15-6-7-19-17(14-15)20(23(29)26-19)22-21(16-4-2-3-5-18(16)25-22)27-31-13-12-28-10-8-24-9-11-28;/h2-7,14,24,26,29H,8-13H2,1H3;1H/b27-21+;. The van der Waals surface area contributed by atoms with Crippen LogP contribution >= 0.6 is 12.4 Å². The second kappa shape index (κ2) is 9.60. The van der Waals surface area contributed by atoms with Gasteiger partial charge in [-0.25, -0.2) is 4.99 Å². The minimum absolute atomic E-state index is 0. The number of piperazine rings is 1. The Labute approximate surface area is 192 Å². The molecule has 0 atom stereocenters. The number of hydrogen-bond acceptors (Lipinski definition) is 7. The first-order chi connectivity index (χ1) is 15.2. The average molecular weight is 456 g/mol. The smallest absolute Gasteiger partial charge is 0.199 e. The molecule has 32 heavy (non-hydrogen) atoms. The molecule has 9 heteroatoms. The zero-order valence-electron chi connectivity index (χ0n) is 17.8. The summed E-state index contributed by atoms with van der Waals surface area (Å²) < 4.78 is 5.38. The lowest BCUT2D eigenvalue weighted by Crippen LogP contribution is -2.44. The van der Waals surface area contributed by atoms with Crippen LogP contribution in [0.4, 0.5) is 5.69 Å². The lowest BCUT2D eigenvalue weighted by atomic mass is 10.0. The van der Waals surface area contributed by atoms with E-state index in [-0.39, 0.29) is 18.3 Å². The molecule has 3 heterocycles. The Bertz CT molecular complexity index is 1170. The van der Waals surface area contributed by atoms with Crippen molar-refractivity contribution in [3.63, 3.8) is 0 Å². The van der Waals surface area contributed by atoms with Crippen LogP contribution in [0.1, 0.15) is 11.1 Å². The summed E-state index contributed by atoms with van der Waals surface area (Å²) in [6.45, 7) is 5.35. The highest BCUT2D eigenvalue weighted by Gasteiger charge is 2.29. The first-order valence-corrected chi connectivity index (χ1v) is 10.4. The molecule has 1 saturated heterocycles. The van der Waals surface area contributed by atoms with Gasteiger partial charge in [-0.05, 0) is 24.3 Å². The zero-order chi connectivity index (χ0) is 21.2. The number of fused-ring (bicyclic) bond motifs is 2. The van der Waals surface area contributed by atoms with Crippen LogP contribution in [0.2, 0.25) is 0 Å². The van der Waals surface area contributed by atoms with Crippen LogP contribution in [0.5, 0.6) is 11.6 Å². The normalized spacial score (nSPS) is 17.2. The molecule has 3 N–H and O–H groups in total. The van der Waals surface area contributed by atoms with E-state index in [9.17, 15) is 5.11 Å². The van der Waals surface area contributed by atoms with Crippen molar-refractivity contribution >= 4 is 40.4 Å². The van der Waals surface area contributed by atoms with Gasteiger partial charge in [0.15, 0.2) is 5.88 Å². The number of benzene rings is 2. The molecule has 1 fully saturated rings. The summed E-state index contributed by atoms with van der Waals surface area (Å²) in [6.07, 6.45) is 0. The van der Waals surface area contributed by atoms with Crippen molar-refractivity contribution in [3.05, 3.63) is 53.6 Å². The van der Waals surface area contributed by atoms with Crippen LogP contribution in [0.15, 0.2) is 52.6 Å². The molecular weight excluding hydrogens is 430 g/mol. The van der Waals surface area contributed by atoms with Crippen molar-refractivity contribution in [2.45, 2.75) is 0 Å². The van der Waals surface area contributed by atoms with Crippen LogP contribution in [0.25, 0.3) is 10.9 Å². The number of H-pyrrole nitrogens is 1. The number of aromatic hydroxyl groups is 1. The molecule has 0 saturated carbocycles. The molecule has 0 bridgehead atoms. The number of hydrogen-bond donors (Lipinski definition) is 3. The fourth-order valence-corrected chi connectivity index (χ4v) is 4.08. The summed E-state index contributed by atoms with van der Waals surface area (Å²) in [5, 5.41) is 19.3. The Hall–Kier alpha value is -3.07. The molecule has 2 aromatic carbocycles. The molecule has 2 aliphatic rings. The van der Waals surface area contributed by atoms with Gasteiger partial charge in [0.2, 0.25) is 0 Å². The van der Waals surface area contributed by atoms with Gasteiger partial charge in [-0.15, -0.1) is 12.4 Å². The third-order valence-corrected chi connectivity index (χ3v) is 5.70. The van der Waals surface area contributed by atoms with Crippen LogP contribution in [0, 0.1) is 0 Å². The lowest BCUT2D eigenvalue weighted by Gasteiger charge is -2.26. The van der Waals surface area contributed by atoms with Gasteiger partial charge in [0, 0.05) is 49.2 Å². The largest absolute Gasteiger partial charge is 0.497 e. The molecule has 168 valence electrons. The fourth-order valence-electron chi connectivity index (χ4n) is 4.08. The highest BCUT2D eigenvalue weighted by molar-refractivity contribution is 6.58. The van der Waals surface area contributed by atoms with Crippen molar-refractivity contribution in [2.75, 3.05) is 46.4 Å². The topological polar surface area (TPSA) is 94.5 Å². The third kappa shape index (κ3) is 4.17. The van der Waals surface area contributed by atoms with Gasteiger partial charge in [0.25, 0.3) is 0 Å². The predicted molar refractivity (Wildman–Crippen MR) is 128 cm³/mol. The van der Waals surface area contributed by atoms with E-state index in [1.807, 2.05) is 42.5 Å². The molecule has 5 rings (SSSR count). The molecular formula is C23H26ClN5O3. The van der Waals surface area contributed by atoms with Crippen molar-refractivity contribution in [3.8, 4) is 11.6 Å². The highest BCUT2D eigenvalue weighted by Crippen LogP contribution is 2.36. The number of nitrogens with one attached hydrogen (secondary N) is 2. The average Bonchev–Trinajstić information content (AvgIpc) is 3.33. The van der Waals surface area contributed by atoms with Gasteiger partial charge in [-0.1, -0.05) is 23.4 Å². The van der Waals surface area contributed by atoms with E-state index in [1.54, 1.807) is 7.11 Å². The third-order valence-electron chi connectivity index (χ3n) is 5.70. The van der Waals surface area contributed by atoms with E-state index in [0.717, 1.165) is 54.9 Å². The summed E-state index contributed by atoms with van der Waals surface area (Å²) >= 11 is 0. The summed E-state index contributed by atoms with van der Waals surface area (Å²) in [4.78, 5) is 15.9. The van der Waals surface area contributed by atoms with E-state index in [0.29, 0.717) is 29.3 Å². The molecule has 0 aliphatic carbocycles. The molecule has 0 spiro atoms. The second-order valence-corrected chi connectivity index (χ2v) is 7.60. The van der Waals surface area contributed by atoms with Crippen molar-refractivity contribution in [1.82, 2.24) is 15.2 Å². The SMILES string of the molecule is COc1ccc2[nH]c(O)c(C3=Nc4ccccc4/C3=N\OCCN3CCNCC3)c2c1.Cl. The Morgan fingerprint density at radius 3 is 2.78 bits per heavy atom. The van der Waals surface area contributed by atoms with Crippen LogP contribution in [0.3, 0.4) is 0 Å². The van der Waals surface area contributed by atoms with Gasteiger partial charge in [0.1, 0.15) is 23.8 Å². The van der Waals surface area contributed by atoms with Crippen LogP contribution in [-0.4, -0.2) is 72.9 Å². The zero-order valence-corrected chi connectivity index (χ0v) is 18.6. The maximum Gasteiger partial charge on any atom is 0.199 e. The number of rotatable bonds is 6. The Morgan fingerprint density at radius 2 is 1.97 bits per heavy atom. The van der Waals surface area contributed by atoms with Gasteiger partial charge >= 0.3 is 0 Å². The summed E-state index contributed by atoms with van der Waals surface area (Å²) in [6, 6.07) is 13.4. The van der Waals surface area contributed by atoms with E-state index in [2.05, 4.69) is 20.4 Å². The number of oxime groups is 1. The molecule has 3 aromatic rings. The summed E-state index contributed by atoms with van der Waals surface area (Å²) in [7, 11) is 1.62. The molecule has 0 unspecified atom stereocenters. The second-order valence-electron chi connectivity index (χ2n) is 7.60. The number of aliphatic imine (C=N–C) groups is 1. The minimum Gasteiger partial charge on any atom is -0.497 e. The van der Waals surface area contributed by atoms with Crippen molar-refractivity contribution in [1.29, 1.82) is 0 Å². The van der Waals surface area contributed by atoms with Crippen LogP contribution < -0.4 is 10.1 Å². The number of methoxy groups -OCH3 is 1. The number of halogens is 1. The van der Waals surface area contributed by atoms with Gasteiger partial charge in [-0.2, -0.15) is 0 Å². The highest BCUT2D eigenvalue weighted by atomic mass is 35.5. The maximum atomic E-state index is 10.7. The Kier molecular flexibility index (Phi) is 6.64. The minimum atomic E-state index is 0. The van der Waals surface area contributed by atoms with Crippen LogP contribution in [-0.2, 0) is 4.84 Å². The fraction of sp³-hybridized carbons (Fsp3) is 0.304. The van der Waals surface area contributed by atoms with E-state index < -0.39 is 0 Å². The number of para-hydroxylation sites is 1. The molecule has 0 amide bonds. The first-order valence-electron chi connectivity index (χ1n) is 10.4.